The van der Waals surface area contributed by atoms with Gasteiger partial charge in [-0.15, -0.1) is 0 Å². The van der Waals surface area contributed by atoms with Gasteiger partial charge >= 0.3 is 5.97 Å². The molecule has 0 atom stereocenters. The fourth-order valence-corrected chi connectivity index (χ4v) is 3.57. The second-order valence-electron chi connectivity index (χ2n) is 7.27. The van der Waals surface area contributed by atoms with Gasteiger partial charge in [-0.1, -0.05) is 62.4 Å². The molecule has 29 heavy (non-hydrogen) atoms. The van der Waals surface area contributed by atoms with E-state index in [4.69, 9.17) is 9.84 Å². The number of fused-ring (bicyclic) bond motifs is 1. The normalized spacial score (nSPS) is 10.8. The average molecular weight is 389 g/mol. The van der Waals surface area contributed by atoms with Gasteiger partial charge in [-0.3, -0.25) is 0 Å². The number of hydrogen-bond donors (Lipinski definition) is 1. The number of aliphatic hydroxyl groups is 1. The van der Waals surface area contributed by atoms with Crippen LogP contribution in [0.5, 0.6) is 0 Å². The van der Waals surface area contributed by atoms with E-state index in [1.807, 2.05) is 0 Å². The van der Waals surface area contributed by atoms with Crippen LogP contribution in [-0.2, 0) is 29.0 Å². The lowest BCUT2D eigenvalue weighted by molar-refractivity contribution is -0.138. The van der Waals surface area contributed by atoms with Crippen LogP contribution in [0.1, 0.15) is 36.5 Å². The monoisotopic (exact) mass is 388 g/mol. The number of aryl methyl sites for hydroxylation is 2. The molecule has 0 bridgehead atoms. The summed E-state index contributed by atoms with van der Waals surface area (Å²) in [6.07, 6.45) is 4.86. The molecule has 3 rings (SSSR count). The first-order chi connectivity index (χ1) is 14.1. The van der Waals surface area contributed by atoms with Crippen LogP contribution in [0.15, 0.2) is 67.3 Å². The third kappa shape index (κ3) is 5.33. The standard InChI is InChI=1S/C26H28O3/c1-3-6-20-10-11-24(17-25(20)18-29-26(28)4-2)23-13-12-21-15-19(7-5-14-27)8-9-22(21)16-23/h4,8-13,15-17,27H,2-3,5-7,14,18H2,1H3. The van der Waals surface area contributed by atoms with E-state index < -0.39 is 5.97 Å². The van der Waals surface area contributed by atoms with Crippen molar-refractivity contribution < 1.29 is 14.6 Å². The van der Waals surface area contributed by atoms with Crippen LogP contribution in [0.4, 0.5) is 0 Å². The van der Waals surface area contributed by atoms with Crippen LogP contribution in [0.2, 0.25) is 0 Å². The molecule has 0 unspecified atom stereocenters. The van der Waals surface area contributed by atoms with Crippen LogP contribution in [-0.4, -0.2) is 17.7 Å². The molecule has 0 aliphatic carbocycles. The lowest BCUT2D eigenvalue weighted by atomic mass is 9.95. The highest BCUT2D eigenvalue weighted by Gasteiger charge is 2.08. The Morgan fingerprint density at radius 1 is 0.966 bits per heavy atom. The summed E-state index contributed by atoms with van der Waals surface area (Å²) in [4.78, 5) is 11.5. The van der Waals surface area contributed by atoms with Crippen molar-refractivity contribution in [3.05, 3.63) is 83.9 Å². The molecule has 0 amide bonds. The van der Waals surface area contributed by atoms with Crippen LogP contribution < -0.4 is 0 Å². The fraction of sp³-hybridized carbons (Fsp3) is 0.269. The average Bonchev–Trinajstić information content (AvgIpc) is 2.76. The van der Waals surface area contributed by atoms with Gasteiger partial charge in [0.1, 0.15) is 6.61 Å². The largest absolute Gasteiger partial charge is 0.458 e. The molecule has 150 valence electrons. The molecular formula is C26H28O3. The van der Waals surface area contributed by atoms with Crippen LogP contribution in [0.3, 0.4) is 0 Å². The zero-order valence-corrected chi connectivity index (χ0v) is 17.0. The minimum Gasteiger partial charge on any atom is -0.458 e. The quantitative estimate of drug-likeness (QED) is 0.383. The summed E-state index contributed by atoms with van der Waals surface area (Å²) in [7, 11) is 0. The minimum absolute atomic E-state index is 0.218. The van der Waals surface area contributed by atoms with Crippen LogP contribution in [0.25, 0.3) is 21.9 Å². The SMILES string of the molecule is C=CC(=O)OCc1cc(-c2ccc3cc(CCCO)ccc3c2)ccc1CCC. The van der Waals surface area contributed by atoms with Gasteiger partial charge < -0.3 is 9.84 Å². The number of hydrogen-bond acceptors (Lipinski definition) is 3. The number of rotatable bonds is 9. The molecule has 0 saturated heterocycles. The molecule has 0 heterocycles. The summed E-state index contributed by atoms with van der Waals surface area (Å²) < 4.78 is 5.30. The first kappa shape index (κ1) is 20.8. The minimum atomic E-state index is -0.402. The van der Waals surface area contributed by atoms with E-state index >= 15 is 0 Å². The summed E-state index contributed by atoms with van der Waals surface area (Å²) in [6.45, 7) is 6.08. The Bertz CT molecular complexity index is 1000. The zero-order valence-electron chi connectivity index (χ0n) is 17.0. The molecule has 3 nitrogen and oxygen atoms in total. The van der Waals surface area contributed by atoms with Crippen molar-refractivity contribution in [3.8, 4) is 11.1 Å². The predicted octanol–water partition coefficient (Wildman–Crippen LogP) is 5.61. The smallest absolute Gasteiger partial charge is 0.330 e. The maximum Gasteiger partial charge on any atom is 0.330 e. The van der Waals surface area contributed by atoms with Crippen molar-refractivity contribution in [1.29, 1.82) is 0 Å². The van der Waals surface area contributed by atoms with E-state index in [9.17, 15) is 4.79 Å². The van der Waals surface area contributed by atoms with Gasteiger partial charge in [0, 0.05) is 12.7 Å². The van der Waals surface area contributed by atoms with E-state index in [0.717, 1.165) is 42.4 Å². The predicted molar refractivity (Wildman–Crippen MR) is 119 cm³/mol. The molecule has 3 heteroatoms. The van der Waals surface area contributed by atoms with Gasteiger partial charge in [-0.05, 0) is 70.0 Å². The van der Waals surface area contributed by atoms with Gasteiger partial charge in [0.05, 0.1) is 0 Å². The number of esters is 1. The lowest BCUT2D eigenvalue weighted by Crippen LogP contribution is -2.03. The van der Waals surface area contributed by atoms with Gasteiger partial charge in [0.15, 0.2) is 0 Å². The summed E-state index contributed by atoms with van der Waals surface area (Å²) in [5.41, 5.74) is 5.75. The first-order valence-corrected chi connectivity index (χ1v) is 10.2. The van der Waals surface area contributed by atoms with Crippen molar-refractivity contribution >= 4 is 16.7 Å². The Morgan fingerprint density at radius 2 is 1.69 bits per heavy atom. The van der Waals surface area contributed by atoms with E-state index in [2.05, 4.69) is 68.1 Å². The highest BCUT2D eigenvalue weighted by molar-refractivity contribution is 5.88. The van der Waals surface area contributed by atoms with E-state index in [0.29, 0.717) is 0 Å². The Hall–Kier alpha value is -2.91. The summed E-state index contributed by atoms with van der Waals surface area (Å²) in [5, 5.41) is 11.4. The number of carbonyl (C=O) groups is 1. The van der Waals surface area contributed by atoms with E-state index in [1.54, 1.807) is 0 Å². The molecule has 0 radical (unpaired) electrons. The van der Waals surface area contributed by atoms with Gasteiger partial charge in [-0.2, -0.15) is 0 Å². The fourth-order valence-electron chi connectivity index (χ4n) is 3.57. The molecule has 0 aliphatic heterocycles. The molecule has 3 aromatic rings. The highest BCUT2D eigenvalue weighted by atomic mass is 16.5. The molecule has 0 saturated carbocycles. The van der Waals surface area contributed by atoms with Crippen LogP contribution in [0, 0.1) is 0 Å². The maximum absolute atomic E-state index is 11.5. The van der Waals surface area contributed by atoms with Gasteiger partial charge in [0.2, 0.25) is 0 Å². The Balaban J connectivity index is 1.90. The third-order valence-corrected chi connectivity index (χ3v) is 5.12. The van der Waals surface area contributed by atoms with Crippen molar-refractivity contribution in [3.63, 3.8) is 0 Å². The van der Waals surface area contributed by atoms with Crippen molar-refractivity contribution in [2.75, 3.05) is 6.61 Å². The molecular weight excluding hydrogens is 360 g/mol. The Labute approximate surface area is 172 Å². The molecule has 3 aromatic carbocycles. The van der Waals surface area contributed by atoms with Gasteiger partial charge in [0.25, 0.3) is 0 Å². The Morgan fingerprint density at radius 3 is 2.45 bits per heavy atom. The topological polar surface area (TPSA) is 46.5 Å². The zero-order chi connectivity index (χ0) is 20.6. The van der Waals surface area contributed by atoms with Crippen molar-refractivity contribution in [2.24, 2.45) is 0 Å². The van der Waals surface area contributed by atoms with E-state index in [-0.39, 0.29) is 13.2 Å². The summed E-state index contributed by atoms with van der Waals surface area (Å²) in [5.74, 6) is -0.402. The second kappa shape index (κ2) is 10.0. The molecule has 0 aromatic heterocycles. The maximum atomic E-state index is 11.5. The number of carbonyl (C=O) groups excluding carboxylic acids is 1. The van der Waals surface area contributed by atoms with Crippen LogP contribution >= 0.6 is 0 Å². The summed E-state index contributed by atoms with van der Waals surface area (Å²) >= 11 is 0. The second-order valence-corrected chi connectivity index (χ2v) is 7.27. The number of aliphatic hydroxyl groups excluding tert-OH is 1. The Kier molecular flexibility index (Phi) is 7.20. The molecule has 0 aliphatic rings. The van der Waals surface area contributed by atoms with Crippen molar-refractivity contribution in [1.82, 2.24) is 0 Å². The first-order valence-electron chi connectivity index (χ1n) is 10.2. The summed E-state index contributed by atoms with van der Waals surface area (Å²) in [6, 6.07) is 19.3. The third-order valence-electron chi connectivity index (χ3n) is 5.12. The number of benzene rings is 3. The number of ether oxygens (including phenoxy) is 1. The molecule has 1 N–H and O–H groups in total. The van der Waals surface area contributed by atoms with Crippen molar-refractivity contribution in [2.45, 2.75) is 39.2 Å². The highest BCUT2D eigenvalue weighted by Crippen LogP contribution is 2.28. The molecule has 0 fully saturated rings. The lowest BCUT2D eigenvalue weighted by Gasteiger charge is -2.12. The van der Waals surface area contributed by atoms with Gasteiger partial charge in [-0.25, -0.2) is 4.79 Å². The molecule has 0 spiro atoms. The van der Waals surface area contributed by atoms with E-state index in [1.165, 1.54) is 28.0 Å².